The van der Waals surface area contributed by atoms with Crippen molar-refractivity contribution in [1.29, 1.82) is 0 Å². The topological polar surface area (TPSA) is 54.9 Å². The van der Waals surface area contributed by atoms with Gasteiger partial charge in [-0.2, -0.15) is 0 Å². The summed E-state index contributed by atoms with van der Waals surface area (Å²) in [5.41, 5.74) is 1.40. The largest absolute Gasteiger partial charge is 0.454 e. The summed E-state index contributed by atoms with van der Waals surface area (Å²) >= 11 is 0. The molecule has 1 aliphatic heterocycles. The summed E-state index contributed by atoms with van der Waals surface area (Å²) in [5, 5.41) is 6.33. The molecule has 6 heteroatoms. The molecule has 1 fully saturated rings. The molecule has 0 amide bonds. The third-order valence-electron chi connectivity index (χ3n) is 4.08. The van der Waals surface area contributed by atoms with Crippen LogP contribution in [0, 0.1) is 12.3 Å². The number of nitrogens with one attached hydrogen (secondary N) is 2. The van der Waals surface area contributed by atoms with Gasteiger partial charge in [-0.25, -0.2) is 0 Å². The first-order valence-electron chi connectivity index (χ1n) is 7.63. The van der Waals surface area contributed by atoms with Gasteiger partial charge in [-0.15, -0.1) is 30.4 Å². The maximum atomic E-state index is 5.47. The molecule has 124 valence electrons. The van der Waals surface area contributed by atoms with E-state index in [0.717, 1.165) is 43.4 Å². The van der Waals surface area contributed by atoms with E-state index in [4.69, 9.17) is 15.9 Å². The molecule has 1 aromatic rings. The molecule has 0 radical (unpaired) electrons. The van der Waals surface area contributed by atoms with Crippen LogP contribution in [0.3, 0.4) is 0 Å². The van der Waals surface area contributed by atoms with E-state index in [0.29, 0.717) is 13.3 Å². The summed E-state index contributed by atoms with van der Waals surface area (Å²) < 4.78 is 10.8. The average Bonchev–Trinajstić information content (AvgIpc) is 3.18. The van der Waals surface area contributed by atoms with Crippen LogP contribution in [0.5, 0.6) is 11.5 Å². The minimum absolute atomic E-state index is 0. The van der Waals surface area contributed by atoms with E-state index in [1.807, 2.05) is 13.0 Å². The number of fused-ring (bicyclic) bond motifs is 1. The van der Waals surface area contributed by atoms with Gasteiger partial charge in [0.05, 0.1) is 13.1 Å². The van der Waals surface area contributed by atoms with E-state index in [9.17, 15) is 0 Å². The van der Waals surface area contributed by atoms with Crippen LogP contribution in [0.4, 0.5) is 0 Å². The smallest absolute Gasteiger partial charge is 0.231 e. The maximum Gasteiger partial charge on any atom is 0.231 e. The number of hydrogen-bond acceptors (Lipinski definition) is 3. The molecular formula is C17H22IN3O2. The molecule has 1 aliphatic carbocycles. The minimum Gasteiger partial charge on any atom is -0.454 e. The number of aliphatic imine (C=N–C) groups is 1. The quantitative estimate of drug-likeness (QED) is 0.328. The minimum atomic E-state index is 0. The predicted octanol–water partition coefficient (Wildman–Crippen LogP) is 2.25. The Hall–Kier alpha value is -1.62. The number of benzene rings is 1. The molecule has 1 aromatic carbocycles. The van der Waals surface area contributed by atoms with Crippen molar-refractivity contribution >= 4 is 29.9 Å². The van der Waals surface area contributed by atoms with E-state index in [1.165, 1.54) is 5.56 Å². The van der Waals surface area contributed by atoms with Crippen molar-refractivity contribution in [3.63, 3.8) is 0 Å². The van der Waals surface area contributed by atoms with Gasteiger partial charge in [0.15, 0.2) is 17.5 Å². The van der Waals surface area contributed by atoms with E-state index in [-0.39, 0.29) is 29.4 Å². The van der Waals surface area contributed by atoms with Crippen molar-refractivity contribution in [2.45, 2.75) is 25.2 Å². The van der Waals surface area contributed by atoms with E-state index >= 15 is 0 Å². The molecular weight excluding hydrogens is 405 g/mol. The first-order chi connectivity index (χ1) is 10.8. The van der Waals surface area contributed by atoms with Gasteiger partial charge < -0.3 is 20.1 Å². The fraction of sp³-hybridized carbons (Fsp3) is 0.471. The second-order valence-corrected chi connectivity index (χ2v) is 5.60. The number of nitrogens with zero attached hydrogens (tertiary/aromatic N) is 1. The van der Waals surface area contributed by atoms with E-state index in [1.54, 1.807) is 0 Å². The van der Waals surface area contributed by atoms with Crippen LogP contribution in [0.2, 0.25) is 0 Å². The van der Waals surface area contributed by atoms with Gasteiger partial charge in [0.2, 0.25) is 6.79 Å². The lowest BCUT2D eigenvalue weighted by molar-refractivity contribution is 0.174. The molecule has 0 aromatic heterocycles. The SMILES string of the molecule is C#CCNC(=NCC1(c2ccc3c(c2)OCO3)CC1)NCC.I. The molecule has 0 bridgehead atoms. The molecule has 5 nitrogen and oxygen atoms in total. The van der Waals surface area contributed by atoms with Gasteiger partial charge in [0, 0.05) is 12.0 Å². The summed E-state index contributed by atoms with van der Waals surface area (Å²) in [6.07, 6.45) is 7.58. The summed E-state index contributed by atoms with van der Waals surface area (Å²) in [5.74, 6) is 5.00. The van der Waals surface area contributed by atoms with E-state index < -0.39 is 0 Å². The van der Waals surface area contributed by atoms with Gasteiger partial charge in [0.1, 0.15) is 0 Å². The fourth-order valence-corrected chi connectivity index (χ4v) is 2.62. The fourth-order valence-electron chi connectivity index (χ4n) is 2.62. The van der Waals surface area contributed by atoms with Gasteiger partial charge in [-0.1, -0.05) is 12.0 Å². The van der Waals surface area contributed by atoms with Crippen molar-refractivity contribution < 1.29 is 9.47 Å². The lowest BCUT2D eigenvalue weighted by Gasteiger charge is -2.15. The highest BCUT2D eigenvalue weighted by molar-refractivity contribution is 14.0. The number of hydrogen-bond donors (Lipinski definition) is 2. The van der Waals surface area contributed by atoms with Crippen LogP contribution in [0.15, 0.2) is 23.2 Å². The number of ether oxygens (including phenoxy) is 2. The first-order valence-corrected chi connectivity index (χ1v) is 7.63. The number of halogens is 1. The highest BCUT2D eigenvalue weighted by Crippen LogP contribution is 2.50. The number of guanidine groups is 1. The zero-order chi connectivity index (χ0) is 15.4. The van der Waals surface area contributed by atoms with Crippen molar-refractivity contribution in [1.82, 2.24) is 10.6 Å². The second-order valence-electron chi connectivity index (χ2n) is 5.60. The Bertz CT molecular complexity index is 621. The number of terminal acetylenes is 1. The normalized spacial score (nSPS) is 17.0. The van der Waals surface area contributed by atoms with Crippen molar-refractivity contribution in [3.8, 4) is 23.8 Å². The van der Waals surface area contributed by atoms with Crippen molar-refractivity contribution in [3.05, 3.63) is 23.8 Å². The lowest BCUT2D eigenvalue weighted by atomic mass is 9.96. The monoisotopic (exact) mass is 427 g/mol. The van der Waals surface area contributed by atoms with Gasteiger partial charge in [-0.05, 0) is 37.5 Å². The lowest BCUT2D eigenvalue weighted by Crippen LogP contribution is -2.38. The van der Waals surface area contributed by atoms with Crippen LogP contribution in [-0.2, 0) is 5.41 Å². The Kier molecular flexibility index (Phi) is 5.99. The molecule has 1 saturated carbocycles. The molecule has 2 aliphatic rings. The van der Waals surface area contributed by atoms with Gasteiger partial charge in [-0.3, -0.25) is 4.99 Å². The highest BCUT2D eigenvalue weighted by Gasteiger charge is 2.44. The Morgan fingerprint density at radius 2 is 2.09 bits per heavy atom. The Morgan fingerprint density at radius 1 is 1.30 bits per heavy atom. The Balaban J connectivity index is 0.00000192. The molecule has 2 N–H and O–H groups in total. The molecule has 23 heavy (non-hydrogen) atoms. The molecule has 0 saturated heterocycles. The van der Waals surface area contributed by atoms with E-state index in [2.05, 4.69) is 33.7 Å². The standard InChI is InChI=1S/C17H21N3O2.HI/c1-3-9-19-16(18-4-2)20-11-17(7-8-17)13-5-6-14-15(10-13)22-12-21-14;/h1,5-6,10H,4,7-9,11-12H2,2H3,(H2,18,19,20);1H. The van der Waals surface area contributed by atoms with Gasteiger partial charge in [0.25, 0.3) is 0 Å². The summed E-state index contributed by atoms with van der Waals surface area (Å²) in [7, 11) is 0. The molecule has 0 atom stereocenters. The average molecular weight is 427 g/mol. The maximum absolute atomic E-state index is 5.47. The number of rotatable bonds is 5. The van der Waals surface area contributed by atoms with Crippen LogP contribution in [0.1, 0.15) is 25.3 Å². The Morgan fingerprint density at radius 3 is 2.78 bits per heavy atom. The zero-order valence-electron chi connectivity index (χ0n) is 13.2. The third kappa shape index (κ3) is 4.02. The third-order valence-corrected chi connectivity index (χ3v) is 4.08. The van der Waals surface area contributed by atoms with Crippen molar-refractivity contribution in [2.24, 2.45) is 4.99 Å². The molecule has 0 spiro atoms. The molecule has 3 rings (SSSR count). The van der Waals surface area contributed by atoms with Crippen LogP contribution >= 0.6 is 24.0 Å². The van der Waals surface area contributed by atoms with Crippen LogP contribution in [0.25, 0.3) is 0 Å². The Labute approximate surface area is 154 Å². The first kappa shape index (κ1) is 17.7. The highest BCUT2D eigenvalue weighted by atomic mass is 127. The van der Waals surface area contributed by atoms with Crippen LogP contribution < -0.4 is 20.1 Å². The molecule has 1 heterocycles. The summed E-state index contributed by atoms with van der Waals surface area (Å²) in [6, 6.07) is 6.20. The van der Waals surface area contributed by atoms with Gasteiger partial charge >= 0.3 is 0 Å². The zero-order valence-corrected chi connectivity index (χ0v) is 15.6. The summed E-state index contributed by atoms with van der Waals surface area (Å²) in [6.45, 7) is 4.38. The predicted molar refractivity (Wildman–Crippen MR) is 102 cm³/mol. The molecule has 0 unspecified atom stereocenters. The summed E-state index contributed by atoms with van der Waals surface area (Å²) in [4.78, 5) is 4.68. The second kappa shape index (κ2) is 7.77. The van der Waals surface area contributed by atoms with Crippen LogP contribution in [-0.4, -0.2) is 32.4 Å². The van der Waals surface area contributed by atoms with Crippen molar-refractivity contribution in [2.75, 3.05) is 26.4 Å².